The molecule has 0 radical (unpaired) electrons. The lowest BCUT2D eigenvalue weighted by molar-refractivity contribution is 0.179. The highest BCUT2D eigenvalue weighted by Gasteiger charge is 2.16. The van der Waals surface area contributed by atoms with E-state index in [0.29, 0.717) is 0 Å². The normalized spacial score (nSPS) is 15.8. The van der Waals surface area contributed by atoms with Gasteiger partial charge in [0, 0.05) is 5.75 Å². The second-order valence-corrected chi connectivity index (χ2v) is 7.35. The van der Waals surface area contributed by atoms with Gasteiger partial charge in [0.2, 0.25) is 0 Å². The molecule has 1 fully saturated rings. The minimum atomic E-state index is 0.956. The number of hydrogen-bond donors (Lipinski definition) is 0. The number of fused-ring (bicyclic) bond motifs is 1. The zero-order valence-electron chi connectivity index (χ0n) is 13.9. The summed E-state index contributed by atoms with van der Waals surface area (Å²) in [5.41, 5.74) is 3.70. The quantitative estimate of drug-likeness (QED) is 0.626. The number of benzene rings is 2. The predicted molar refractivity (Wildman–Crippen MR) is 101 cm³/mol. The molecule has 3 nitrogen and oxygen atoms in total. The number of rotatable bonds is 5. The first-order valence-electron chi connectivity index (χ1n) is 8.74. The SMILES string of the molecule is c1ccc(CSc2nc3ccccc3n2CN2CCCCC2)cc1. The third-order valence-electron chi connectivity index (χ3n) is 4.62. The number of para-hydroxylation sites is 2. The van der Waals surface area contributed by atoms with Crippen LogP contribution in [0.25, 0.3) is 11.0 Å². The van der Waals surface area contributed by atoms with E-state index in [9.17, 15) is 0 Å². The Labute approximate surface area is 147 Å². The van der Waals surface area contributed by atoms with Crippen molar-refractivity contribution in [1.29, 1.82) is 0 Å². The highest BCUT2D eigenvalue weighted by Crippen LogP contribution is 2.27. The first-order valence-corrected chi connectivity index (χ1v) is 9.73. The van der Waals surface area contributed by atoms with Gasteiger partial charge in [-0.2, -0.15) is 0 Å². The number of likely N-dealkylation sites (tertiary alicyclic amines) is 1. The van der Waals surface area contributed by atoms with Crippen molar-refractivity contribution in [3.8, 4) is 0 Å². The summed E-state index contributed by atoms with van der Waals surface area (Å²) in [6.45, 7) is 3.36. The summed E-state index contributed by atoms with van der Waals surface area (Å²) in [4.78, 5) is 7.45. The van der Waals surface area contributed by atoms with Crippen molar-refractivity contribution in [2.24, 2.45) is 0 Å². The zero-order chi connectivity index (χ0) is 16.2. The van der Waals surface area contributed by atoms with E-state index in [2.05, 4.69) is 64.1 Å². The van der Waals surface area contributed by atoms with Crippen molar-refractivity contribution in [3.63, 3.8) is 0 Å². The van der Waals surface area contributed by atoms with E-state index in [1.807, 2.05) is 11.8 Å². The summed E-state index contributed by atoms with van der Waals surface area (Å²) in [7, 11) is 0. The fourth-order valence-electron chi connectivity index (χ4n) is 3.32. The van der Waals surface area contributed by atoms with Crippen LogP contribution in [0.5, 0.6) is 0 Å². The molecule has 0 spiro atoms. The molecule has 2 aromatic carbocycles. The monoisotopic (exact) mass is 337 g/mol. The van der Waals surface area contributed by atoms with Crippen LogP contribution in [0, 0.1) is 0 Å². The number of piperidine rings is 1. The second kappa shape index (κ2) is 7.41. The van der Waals surface area contributed by atoms with Crippen molar-refractivity contribution < 1.29 is 0 Å². The van der Waals surface area contributed by atoms with E-state index in [1.165, 1.54) is 43.4 Å². The van der Waals surface area contributed by atoms with Crippen molar-refractivity contribution in [3.05, 3.63) is 60.2 Å². The lowest BCUT2D eigenvalue weighted by atomic mass is 10.1. The van der Waals surface area contributed by atoms with Crippen LogP contribution in [-0.4, -0.2) is 27.5 Å². The van der Waals surface area contributed by atoms with E-state index in [0.717, 1.165) is 23.1 Å². The average molecular weight is 337 g/mol. The van der Waals surface area contributed by atoms with Gasteiger partial charge in [0.25, 0.3) is 0 Å². The van der Waals surface area contributed by atoms with Gasteiger partial charge in [-0.3, -0.25) is 4.90 Å². The van der Waals surface area contributed by atoms with Crippen LogP contribution in [0.2, 0.25) is 0 Å². The number of thioether (sulfide) groups is 1. The third-order valence-corrected chi connectivity index (χ3v) is 5.67. The zero-order valence-corrected chi connectivity index (χ0v) is 14.7. The molecule has 1 aromatic heterocycles. The molecule has 0 unspecified atom stereocenters. The predicted octanol–water partition coefficient (Wildman–Crippen LogP) is 4.77. The summed E-state index contributed by atoms with van der Waals surface area (Å²) >= 11 is 1.84. The minimum absolute atomic E-state index is 0.956. The van der Waals surface area contributed by atoms with Gasteiger partial charge in [-0.25, -0.2) is 4.98 Å². The largest absolute Gasteiger partial charge is 0.305 e. The molecule has 0 amide bonds. The van der Waals surface area contributed by atoms with Crippen LogP contribution < -0.4 is 0 Å². The molecule has 4 rings (SSSR count). The fourth-order valence-corrected chi connectivity index (χ4v) is 4.29. The molecule has 3 aromatic rings. The summed E-state index contributed by atoms with van der Waals surface area (Å²) in [6.07, 6.45) is 4.01. The molecule has 1 aliphatic heterocycles. The van der Waals surface area contributed by atoms with Crippen LogP contribution in [0.15, 0.2) is 59.8 Å². The standard InChI is InChI=1S/C20H23N3S/c1-3-9-17(10-4-1)15-24-20-21-18-11-5-6-12-19(18)23(20)16-22-13-7-2-8-14-22/h1,3-6,9-12H,2,7-8,13-16H2. The fraction of sp³-hybridized carbons (Fsp3) is 0.350. The van der Waals surface area contributed by atoms with Crippen molar-refractivity contribution in [2.45, 2.75) is 36.8 Å². The van der Waals surface area contributed by atoms with Crippen molar-refractivity contribution >= 4 is 22.8 Å². The summed E-state index contributed by atoms with van der Waals surface area (Å²) in [6, 6.07) is 19.1. The molecule has 1 saturated heterocycles. The Bertz CT molecular complexity index is 791. The topological polar surface area (TPSA) is 21.1 Å². The maximum absolute atomic E-state index is 4.89. The molecule has 24 heavy (non-hydrogen) atoms. The highest BCUT2D eigenvalue weighted by molar-refractivity contribution is 7.98. The van der Waals surface area contributed by atoms with Crippen molar-refractivity contribution in [1.82, 2.24) is 14.5 Å². The molecule has 124 valence electrons. The van der Waals surface area contributed by atoms with Gasteiger partial charge < -0.3 is 4.57 Å². The average Bonchev–Trinajstić information content (AvgIpc) is 2.99. The van der Waals surface area contributed by atoms with Gasteiger partial charge in [0.15, 0.2) is 5.16 Å². The molecular weight excluding hydrogens is 314 g/mol. The number of imidazole rings is 1. The Hall–Kier alpha value is -1.78. The smallest absolute Gasteiger partial charge is 0.170 e. The maximum atomic E-state index is 4.89. The van der Waals surface area contributed by atoms with Crippen molar-refractivity contribution in [2.75, 3.05) is 13.1 Å². The van der Waals surface area contributed by atoms with Gasteiger partial charge in [0.1, 0.15) is 0 Å². The lowest BCUT2D eigenvalue weighted by Crippen LogP contribution is -2.31. The van der Waals surface area contributed by atoms with Crippen LogP contribution in [0.4, 0.5) is 0 Å². The van der Waals surface area contributed by atoms with Crippen LogP contribution in [-0.2, 0) is 12.4 Å². The molecule has 0 bridgehead atoms. The molecule has 0 N–H and O–H groups in total. The second-order valence-electron chi connectivity index (χ2n) is 6.41. The Morgan fingerprint density at radius 2 is 1.62 bits per heavy atom. The molecule has 0 atom stereocenters. The molecule has 0 aliphatic carbocycles. The Balaban J connectivity index is 1.59. The van der Waals surface area contributed by atoms with Gasteiger partial charge in [-0.1, -0.05) is 60.6 Å². The summed E-state index contributed by atoms with van der Waals surface area (Å²) < 4.78 is 2.40. The Morgan fingerprint density at radius 3 is 2.46 bits per heavy atom. The number of aromatic nitrogens is 2. The highest BCUT2D eigenvalue weighted by atomic mass is 32.2. The maximum Gasteiger partial charge on any atom is 0.170 e. The molecule has 4 heteroatoms. The molecule has 2 heterocycles. The van der Waals surface area contributed by atoms with E-state index in [4.69, 9.17) is 4.98 Å². The first-order chi connectivity index (χ1) is 11.9. The van der Waals surface area contributed by atoms with Crippen LogP contribution in [0.1, 0.15) is 24.8 Å². The van der Waals surface area contributed by atoms with E-state index < -0.39 is 0 Å². The molecular formula is C20H23N3S. The van der Waals surface area contributed by atoms with Gasteiger partial charge >= 0.3 is 0 Å². The number of nitrogens with zero attached hydrogens (tertiary/aromatic N) is 3. The van der Waals surface area contributed by atoms with Crippen LogP contribution >= 0.6 is 11.8 Å². The Kier molecular flexibility index (Phi) is 4.86. The lowest BCUT2D eigenvalue weighted by Gasteiger charge is -2.27. The van der Waals surface area contributed by atoms with E-state index in [1.54, 1.807) is 0 Å². The van der Waals surface area contributed by atoms with Crippen LogP contribution in [0.3, 0.4) is 0 Å². The van der Waals surface area contributed by atoms with E-state index >= 15 is 0 Å². The summed E-state index contributed by atoms with van der Waals surface area (Å²) in [5, 5.41) is 1.13. The third kappa shape index (κ3) is 3.50. The number of hydrogen-bond acceptors (Lipinski definition) is 3. The van der Waals surface area contributed by atoms with Gasteiger partial charge in [-0.05, 0) is 43.6 Å². The first kappa shape index (κ1) is 15.7. The molecule has 1 aliphatic rings. The minimum Gasteiger partial charge on any atom is -0.305 e. The van der Waals surface area contributed by atoms with Gasteiger partial charge in [0.05, 0.1) is 17.7 Å². The molecule has 0 saturated carbocycles. The van der Waals surface area contributed by atoms with E-state index in [-0.39, 0.29) is 0 Å². The Morgan fingerprint density at radius 1 is 0.875 bits per heavy atom. The summed E-state index contributed by atoms with van der Waals surface area (Å²) in [5.74, 6) is 0.962. The van der Waals surface area contributed by atoms with Gasteiger partial charge in [-0.15, -0.1) is 0 Å².